The van der Waals surface area contributed by atoms with Crippen molar-refractivity contribution in [2.45, 2.75) is 19.3 Å². The lowest BCUT2D eigenvalue weighted by Gasteiger charge is -2.16. The monoisotopic (exact) mass is 271 g/mol. The topological polar surface area (TPSA) is 59.4 Å². The first-order valence-electron chi connectivity index (χ1n) is 6.39. The average molecular weight is 271 g/mol. The Morgan fingerprint density at radius 2 is 2.05 bits per heavy atom. The van der Waals surface area contributed by atoms with E-state index in [0.717, 1.165) is 11.1 Å². The maximum Gasteiger partial charge on any atom is 0.312 e. The van der Waals surface area contributed by atoms with Crippen LogP contribution in [0.15, 0.2) is 42.6 Å². The van der Waals surface area contributed by atoms with Crippen molar-refractivity contribution in [1.82, 2.24) is 4.98 Å². The Kier molecular flexibility index (Phi) is 4.35. The molecule has 0 spiro atoms. The van der Waals surface area contributed by atoms with E-state index in [1.54, 1.807) is 19.4 Å². The lowest BCUT2D eigenvalue weighted by atomic mass is 9.93. The number of aliphatic carboxylic acids is 1. The van der Waals surface area contributed by atoms with Crippen LogP contribution in [0.5, 0.6) is 5.75 Å². The molecule has 1 heterocycles. The molecule has 0 saturated carbocycles. The number of aromatic nitrogens is 1. The van der Waals surface area contributed by atoms with Crippen LogP contribution in [0.4, 0.5) is 0 Å². The third-order valence-corrected chi connectivity index (χ3v) is 3.29. The molecule has 0 amide bonds. The Morgan fingerprint density at radius 1 is 1.30 bits per heavy atom. The minimum atomic E-state index is -0.877. The molecule has 0 aliphatic heterocycles. The van der Waals surface area contributed by atoms with Gasteiger partial charge in [-0.25, -0.2) is 0 Å². The zero-order chi connectivity index (χ0) is 14.5. The smallest absolute Gasteiger partial charge is 0.312 e. The highest BCUT2D eigenvalue weighted by Gasteiger charge is 2.24. The van der Waals surface area contributed by atoms with Crippen molar-refractivity contribution >= 4 is 5.97 Å². The van der Waals surface area contributed by atoms with Gasteiger partial charge in [-0.1, -0.05) is 24.3 Å². The van der Waals surface area contributed by atoms with Crippen LogP contribution in [-0.4, -0.2) is 23.2 Å². The fraction of sp³-hybridized carbons (Fsp3) is 0.250. The SMILES string of the molecule is COc1ccccc1CC(C(=O)O)c1ncccc1C. The number of hydrogen-bond acceptors (Lipinski definition) is 3. The molecule has 1 aromatic carbocycles. The van der Waals surface area contributed by atoms with E-state index in [1.807, 2.05) is 37.3 Å². The van der Waals surface area contributed by atoms with E-state index in [1.165, 1.54) is 0 Å². The highest BCUT2D eigenvalue weighted by molar-refractivity contribution is 5.76. The summed E-state index contributed by atoms with van der Waals surface area (Å²) in [7, 11) is 1.58. The fourth-order valence-electron chi connectivity index (χ4n) is 2.26. The number of methoxy groups -OCH3 is 1. The molecule has 20 heavy (non-hydrogen) atoms. The minimum Gasteiger partial charge on any atom is -0.496 e. The molecule has 0 aliphatic carbocycles. The number of benzene rings is 1. The number of aryl methyl sites for hydroxylation is 1. The van der Waals surface area contributed by atoms with E-state index in [2.05, 4.69) is 4.98 Å². The Bertz CT molecular complexity index is 610. The summed E-state index contributed by atoms with van der Waals surface area (Å²) in [4.78, 5) is 15.8. The number of pyridine rings is 1. The van der Waals surface area contributed by atoms with E-state index >= 15 is 0 Å². The molecule has 0 radical (unpaired) electrons. The van der Waals surface area contributed by atoms with Gasteiger partial charge in [-0.2, -0.15) is 0 Å². The second kappa shape index (κ2) is 6.19. The van der Waals surface area contributed by atoms with Gasteiger partial charge >= 0.3 is 5.97 Å². The highest BCUT2D eigenvalue weighted by Crippen LogP contribution is 2.27. The maximum atomic E-state index is 11.6. The summed E-state index contributed by atoms with van der Waals surface area (Å²) in [5, 5.41) is 9.50. The van der Waals surface area contributed by atoms with Crippen LogP contribution in [0.2, 0.25) is 0 Å². The van der Waals surface area contributed by atoms with Crippen molar-refractivity contribution in [1.29, 1.82) is 0 Å². The van der Waals surface area contributed by atoms with Crippen LogP contribution >= 0.6 is 0 Å². The standard InChI is InChI=1S/C16H17NO3/c1-11-6-5-9-17-15(11)13(16(18)19)10-12-7-3-4-8-14(12)20-2/h3-9,13H,10H2,1-2H3,(H,18,19). The Hall–Kier alpha value is -2.36. The van der Waals surface area contributed by atoms with E-state index in [-0.39, 0.29) is 0 Å². The van der Waals surface area contributed by atoms with Gasteiger partial charge in [0, 0.05) is 6.20 Å². The summed E-state index contributed by atoms with van der Waals surface area (Å²) < 4.78 is 5.28. The van der Waals surface area contributed by atoms with Gasteiger partial charge in [-0.15, -0.1) is 0 Å². The third-order valence-electron chi connectivity index (χ3n) is 3.29. The van der Waals surface area contributed by atoms with Crippen LogP contribution in [0, 0.1) is 6.92 Å². The molecule has 2 aromatic rings. The summed E-state index contributed by atoms with van der Waals surface area (Å²) in [5.74, 6) is -0.849. The minimum absolute atomic E-state index is 0.358. The van der Waals surface area contributed by atoms with Gasteiger partial charge in [0.05, 0.1) is 12.8 Å². The van der Waals surface area contributed by atoms with Crippen LogP contribution < -0.4 is 4.74 Å². The van der Waals surface area contributed by atoms with Crippen LogP contribution in [0.3, 0.4) is 0 Å². The van der Waals surface area contributed by atoms with Crippen molar-refractivity contribution in [3.8, 4) is 5.75 Å². The Labute approximate surface area is 118 Å². The van der Waals surface area contributed by atoms with Crippen LogP contribution in [0.1, 0.15) is 22.7 Å². The first-order valence-corrected chi connectivity index (χ1v) is 6.39. The molecule has 0 bridgehead atoms. The fourth-order valence-corrected chi connectivity index (χ4v) is 2.26. The molecule has 1 unspecified atom stereocenters. The van der Waals surface area contributed by atoms with Gasteiger partial charge in [-0.05, 0) is 36.6 Å². The molecule has 1 atom stereocenters. The lowest BCUT2D eigenvalue weighted by molar-refractivity contribution is -0.138. The van der Waals surface area contributed by atoms with Gasteiger partial charge in [0.15, 0.2) is 0 Å². The summed E-state index contributed by atoms with van der Waals surface area (Å²) in [6, 6.07) is 11.1. The van der Waals surface area contributed by atoms with Crippen molar-refractivity contribution in [3.63, 3.8) is 0 Å². The zero-order valence-corrected chi connectivity index (χ0v) is 11.5. The predicted molar refractivity (Wildman–Crippen MR) is 76.0 cm³/mol. The predicted octanol–water partition coefficient (Wildman–Crippen LogP) is 2.81. The number of carboxylic acids is 1. The highest BCUT2D eigenvalue weighted by atomic mass is 16.5. The summed E-state index contributed by atoms with van der Waals surface area (Å²) in [6.07, 6.45) is 1.98. The zero-order valence-electron chi connectivity index (χ0n) is 11.5. The van der Waals surface area contributed by atoms with Gasteiger partial charge in [-0.3, -0.25) is 9.78 Å². The number of carboxylic acid groups (broad SMARTS) is 1. The molecule has 2 rings (SSSR count). The molecule has 0 fully saturated rings. The first-order chi connectivity index (χ1) is 9.63. The molecule has 0 saturated heterocycles. The third kappa shape index (κ3) is 2.96. The number of para-hydroxylation sites is 1. The number of ether oxygens (including phenoxy) is 1. The van der Waals surface area contributed by atoms with Gasteiger partial charge in [0.1, 0.15) is 11.7 Å². The summed E-state index contributed by atoms with van der Waals surface area (Å²) in [6.45, 7) is 1.88. The van der Waals surface area contributed by atoms with Crippen molar-refractivity contribution < 1.29 is 14.6 Å². The Morgan fingerprint density at radius 3 is 2.70 bits per heavy atom. The molecule has 4 nitrogen and oxygen atoms in total. The van der Waals surface area contributed by atoms with Gasteiger partial charge in [0.25, 0.3) is 0 Å². The van der Waals surface area contributed by atoms with Crippen LogP contribution in [0.25, 0.3) is 0 Å². The van der Waals surface area contributed by atoms with E-state index in [0.29, 0.717) is 17.9 Å². The van der Waals surface area contributed by atoms with E-state index in [9.17, 15) is 9.90 Å². The van der Waals surface area contributed by atoms with Crippen molar-refractivity contribution in [2.24, 2.45) is 0 Å². The molecule has 1 aromatic heterocycles. The van der Waals surface area contributed by atoms with Crippen molar-refractivity contribution in [3.05, 3.63) is 59.4 Å². The number of nitrogens with zero attached hydrogens (tertiary/aromatic N) is 1. The molecular weight excluding hydrogens is 254 g/mol. The largest absolute Gasteiger partial charge is 0.496 e. The van der Waals surface area contributed by atoms with Gasteiger partial charge < -0.3 is 9.84 Å². The molecule has 4 heteroatoms. The van der Waals surface area contributed by atoms with Gasteiger partial charge in [0.2, 0.25) is 0 Å². The molecule has 104 valence electrons. The first kappa shape index (κ1) is 14.1. The molecular formula is C16H17NO3. The normalized spacial score (nSPS) is 11.9. The number of hydrogen-bond donors (Lipinski definition) is 1. The summed E-state index contributed by atoms with van der Waals surface area (Å²) >= 11 is 0. The van der Waals surface area contributed by atoms with E-state index < -0.39 is 11.9 Å². The number of carbonyl (C=O) groups is 1. The maximum absolute atomic E-state index is 11.6. The molecule has 0 aliphatic rings. The molecule has 1 N–H and O–H groups in total. The van der Waals surface area contributed by atoms with E-state index in [4.69, 9.17) is 4.74 Å². The Balaban J connectivity index is 2.36. The summed E-state index contributed by atoms with van der Waals surface area (Å²) in [5.41, 5.74) is 2.35. The van der Waals surface area contributed by atoms with Crippen LogP contribution in [-0.2, 0) is 11.2 Å². The second-order valence-electron chi connectivity index (χ2n) is 4.61. The van der Waals surface area contributed by atoms with Crippen molar-refractivity contribution in [2.75, 3.05) is 7.11 Å². The quantitative estimate of drug-likeness (QED) is 0.908. The number of rotatable bonds is 5. The average Bonchev–Trinajstić information content (AvgIpc) is 2.46. The second-order valence-corrected chi connectivity index (χ2v) is 4.61. The lowest BCUT2D eigenvalue weighted by Crippen LogP contribution is -2.17.